The average Bonchev–Trinajstić information content (AvgIpc) is 2.48. The first kappa shape index (κ1) is 17.2. The zero-order valence-electron chi connectivity index (χ0n) is 13.6. The SMILES string of the molecule is C=C/C=C\N=C(C)c1ccc(NC(CCC)CCC)cc1. The summed E-state index contributed by atoms with van der Waals surface area (Å²) in [6, 6.07) is 9.11. The number of anilines is 1. The van der Waals surface area contributed by atoms with Gasteiger partial charge in [-0.1, -0.05) is 51.5 Å². The van der Waals surface area contributed by atoms with Crippen molar-refractivity contribution in [3.63, 3.8) is 0 Å². The van der Waals surface area contributed by atoms with E-state index in [1.165, 1.54) is 31.4 Å². The second kappa shape index (κ2) is 9.98. The highest BCUT2D eigenvalue weighted by atomic mass is 14.9. The lowest BCUT2D eigenvalue weighted by Gasteiger charge is -2.18. The van der Waals surface area contributed by atoms with Gasteiger partial charge in [0.25, 0.3) is 0 Å². The summed E-state index contributed by atoms with van der Waals surface area (Å²) in [5.41, 5.74) is 3.36. The summed E-state index contributed by atoms with van der Waals surface area (Å²) < 4.78 is 0. The smallest absolute Gasteiger partial charge is 0.0444 e. The molecule has 0 bridgehead atoms. The Labute approximate surface area is 129 Å². The van der Waals surface area contributed by atoms with Crippen molar-refractivity contribution in [3.8, 4) is 0 Å². The fourth-order valence-corrected chi connectivity index (χ4v) is 2.32. The first-order valence-corrected chi connectivity index (χ1v) is 7.90. The molecule has 0 aliphatic carbocycles. The standard InChI is InChI=1S/C19H28N2/c1-5-8-15-20-16(4)17-11-13-19(14-12-17)21-18(9-6-2)10-7-3/h5,8,11-15,18,21H,1,6-7,9-10H2,2-4H3/b15-8-,20-16?. The van der Waals surface area contributed by atoms with Crippen molar-refractivity contribution < 1.29 is 0 Å². The number of aliphatic imine (C=N–C) groups is 1. The minimum absolute atomic E-state index is 0.580. The van der Waals surface area contributed by atoms with Crippen LogP contribution in [0.15, 0.2) is 54.2 Å². The summed E-state index contributed by atoms with van der Waals surface area (Å²) in [6.45, 7) is 10.1. The molecular formula is C19H28N2. The first-order valence-electron chi connectivity index (χ1n) is 7.90. The van der Waals surface area contributed by atoms with Gasteiger partial charge in [0.1, 0.15) is 0 Å². The fourth-order valence-electron chi connectivity index (χ4n) is 2.32. The van der Waals surface area contributed by atoms with E-state index in [1.54, 1.807) is 12.3 Å². The van der Waals surface area contributed by atoms with E-state index in [4.69, 9.17) is 0 Å². The lowest BCUT2D eigenvalue weighted by Crippen LogP contribution is -2.18. The molecule has 1 aromatic carbocycles. The Hall–Kier alpha value is -1.83. The van der Waals surface area contributed by atoms with Crippen LogP contribution < -0.4 is 5.32 Å². The number of hydrogen-bond donors (Lipinski definition) is 1. The second-order valence-corrected chi connectivity index (χ2v) is 5.29. The third kappa shape index (κ3) is 6.44. The Bertz CT molecular complexity index is 463. The molecule has 0 fully saturated rings. The average molecular weight is 284 g/mol. The van der Waals surface area contributed by atoms with Gasteiger partial charge in [0, 0.05) is 23.6 Å². The normalized spacial score (nSPS) is 12.1. The Balaban J connectivity index is 2.70. The molecule has 0 aliphatic heterocycles. The van der Waals surface area contributed by atoms with E-state index in [-0.39, 0.29) is 0 Å². The number of benzene rings is 1. The van der Waals surface area contributed by atoms with Crippen LogP contribution in [0.3, 0.4) is 0 Å². The maximum absolute atomic E-state index is 4.38. The van der Waals surface area contributed by atoms with Crippen molar-refractivity contribution in [3.05, 3.63) is 54.8 Å². The summed E-state index contributed by atoms with van der Waals surface area (Å²) >= 11 is 0. The van der Waals surface area contributed by atoms with Gasteiger partial charge in [0.2, 0.25) is 0 Å². The molecular weight excluding hydrogens is 256 g/mol. The zero-order valence-corrected chi connectivity index (χ0v) is 13.6. The number of hydrogen-bond acceptors (Lipinski definition) is 2. The summed E-state index contributed by atoms with van der Waals surface area (Å²) in [6.07, 6.45) is 10.2. The molecule has 0 spiro atoms. The van der Waals surface area contributed by atoms with Gasteiger partial charge in [-0.25, -0.2) is 0 Å². The summed E-state index contributed by atoms with van der Waals surface area (Å²) in [7, 11) is 0. The van der Waals surface area contributed by atoms with E-state index in [0.29, 0.717) is 6.04 Å². The minimum atomic E-state index is 0.580. The van der Waals surface area contributed by atoms with Gasteiger partial charge >= 0.3 is 0 Å². The predicted molar refractivity (Wildman–Crippen MR) is 95.2 cm³/mol. The molecule has 0 aromatic heterocycles. The molecule has 0 unspecified atom stereocenters. The monoisotopic (exact) mass is 284 g/mol. The lowest BCUT2D eigenvalue weighted by molar-refractivity contribution is 0.586. The highest BCUT2D eigenvalue weighted by Crippen LogP contribution is 2.16. The van der Waals surface area contributed by atoms with E-state index >= 15 is 0 Å². The van der Waals surface area contributed by atoms with Gasteiger partial charge in [0.15, 0.2) is 0 Å². The molecule has 21 heavy (non-hydrogen) atoms. The molecule has 114 valence electrons. The topological polar surface area (TPSA) is 24.4 Å². The van der Waals surface area contributed by atoms with Gasteiger partial charge in [0.05, 0.1) is 0 Å². The van der Waals surface area contributed by atoms with Crippen molar-refractivity contribution in [2.75, 3.05) is 5.32 Å². The highest BCUT2D eigenvalue weighted by molar-refractivity contribution is 5.99. The Morgan fingerprint density at radius 1 is 1.19 bits per heavy atom. The largest absolute Gasteiger partial charge is 0.382 e. The van der Waals surface area contributed by atoms with E-state index in [1.807, 2.05) is 13.0 Å². The van der Waals surface area contributed by atoms with Crippen LogP contribution in [0.25, 0.3) is 0 Å². The molecule has 0 atom stereocenters. The Kier molecular flexibility index (Phi) is 8.18. The maximum atomic E-state index is 4.38. The van der Waals surface area contributed by atoms with Crippen LogP contribution >= 0.6 is 0 Å². The van der Waals surface area contributed by atoms with E-state index in [0.717, 1.165) is 11.3 Å². The van der Waals surface area contributed by atoms with Crippen molar-refractivity contribution in [2.45, 2.75) is 52.5 Å². The van der Waals surface area contributed by atoms with E-state index in [9.17, 15) is 0 Å². The number of nitrogens with zero attached hydrogens (tertiary/aromatic N) is 1. The molecule has 2 heteroatoms. The molecule has 0 aliphatic rings. The quantitative estimate of drug-likeness (QED) is 0.465. The predicted octanol–water partition coefficient (Wildman–Crippen LogP) is 5.58. The molecule has 0 radical (unpaired) electrons. The van der Waals surface area contributed by atoms with Crippen LogP contribution in [0.4, 0.5) is 5.69 Å². The third-order valence-electron chi connectivity index (χ3n) is 3.44. The molecule has 1 rings (SSSR count). The van der Waals surface area contributed by atoms with Crippen LogP contribution in [0, 0.1) is 0 Å². The number of nitrogens with one attached hydrogen (secondary N) is 1. The lowest BCUT2D eigenvalue weighted by atomic mass is 10.1. The van der Waals surface area contributed by atoms with Crippen LogP contribution in [0.1, 0.15) is 52.0 Å². The van der Waals surface area contributed by atoms with Gasteiger partial charge in [-0.15, -0.1) is 0 Å². The van der Waals surface area contributed by atoms with Crippen LogP contribution in [0.2, 0.25) is 0 Å². The van der Waals surface area contributed by atoms with Gasteiger partial charge < -0.3 is 5.32 Å². The summed E-state index contributed by atoms with van der Waals surface area (Å²) in [5, 5.41) is 3.63. The van der Waals surface area contributed by atoms with Crippen LogP contribution in [-0.4, -0.2) is 11.8 Å². The molecule has 0 amide bonds. The van der Waals surface area contributed by atoms with Crippen molar-refractivity contribution in [1.29, 1.82) is 0 Å². The van der Waals surface area contributed by atoms with Gasteiger partial charge in [-0.2, -0.15) is 0 Å². The molecule has 2 nitrogen and oxygen atoms in total. The van der Waals surface area contributed by atoms with Crippen molar-refractivity contribution in [1.82, 2.24) is 0 Å². The Morgan fingerprint density at radius 3 is 2.33 bits per heavy atom. The van der Waals surface area contributed by atoms with Gasteiger partial charge in [-0.3, -0.25) is 4.99 Å². The second-order valence-electron chi connectivity index (χ2n) is 5.29. The number of allylic oxidation sites excluding steroid dienone is 2. The van der Waals surface area contributed by atoms with Crippen molar-refractivity contribution >= 4 is 11.4 Å². The Morgan fingerprint density at radius 2 is 1.81 bits per heavy atom. The molecule has 1 aromatic rings. The molecule has 0 heterocycles. The fraction of sp³-hybridized carbons (Fsp3) is 0.421. The van der Waals surface area contributed by atoms with E-state index < -0.39 is 0 Å². The van der Waals surface area contributed by atoms with Gasteiger partial charge in [-0.05, 0) is 43.5 Å². The first-order chi connectivity index (χ1) is 10.2. The molecule has 0 saturated carbocycles. The summed E-state index contributed by atoms with van der Waals surface area (Å²) in [4.78, 5) is 4.38. The van der Waals surface area contributed by atoms with Crippen LogP contribution in [0.5, 0.6) is 0 Å². The molecule has 1 N–H and O–H groups in total. The summed E-state index contributed by atoms with van der Waals surface area (Å²) in [5.74, 6) is 0. The minimum Gasteiger partial charge on any atom is -0.382 e. The van der Waals surface area contributed by atoms with Crippen molar-refractivity contribution in [2.24, 2.45) is 4.99 Å². The van der Waals surface area contributed by atoms with Crippen LogP contribution in [-0.2, 0) is 0 Å². The molecule has 0 saturated heterocycles. The maximum Gasteiger partial charge on any atom is 0.0444 e. The third-order valence-corrected chi connectivity index (χ3v) is 3.44. The van der Waals surface area contributed by atoms with E-state index in [2.05, 4.69) is 55.0 Å². The zero-order chi connectivity index (χ0) is 15.5. The highest BCUT2D eigenvalue weighted by Gasteiger charge is 2.06. The number of rotatable bonds is 9.